The molecule has 1 fully saturated rings. The summed E-state index contributed by atoms with van der Waals surface area (Å²) in [6.07, 6.45) is 0. The van der Waals surface area contributed by atoms with Crippen LogP contribution in [0.5, 0.6) is 0 Å². The van der Waals surface area contributed by atoms with Gasteiger partial charge in [-0.1, -0.05) is 12.1 Å². The maximum absolute atomic E-state index is 11.3. The Labute approximate surface area is 102 Å². The van der Waals surface area contributed by atoms with Gasteiger partial charge in [0.2, 0.25) is 5.91 Å². The molecule has 4 heteroatoms. The Bertz CT molecular complexity index is 394. The Morgan fingerprint density at radius 2 is 2.33 bits per heavy atom. The minimum atomic E-state index is -0.392. The highest BCUT2D eigenvalue weighted by molar-refractivity contribution is 14.1. The zero-order chi connectivity index (χ0) is 10.9. The third kappa shape index (κ3) is 2.31. The fourth-order valence-electron chi connectivity index (χ4n) is 1.71. The average molecular weight is 317 g/mol. The molecule has 1 atom stereocenters. The second-order valence-electron chi connectivity index (χ2n) is 3.88. The second-order valence-corrected chi connectivity index (χ2v) is 5.13. The lowest BCUT2D eigenvalue weighted by Gasteiger charge is -2.34. The zero-order valence-corrected chi connectivity index (χ0v) is 10.6. The molecule has 1 amide bonds. The van der Waals surface area contributed by atoms with Gasteiger partial charge in [0.15, 0.2) is 0 Å². The van der Waals surface area contributed by atoms with E-state index in [4.69, 9.17) is 4.74 Å². The molecule has 3 nitrogen and oxygen atoms in total. The Hall–Kier alpha value is -0.620. The Balaban J connectivity index is 2.32. The molecule has 0 radical (unpaired) electrons. The van der Waals surface area contributed by atoms with Gasteiger partial charge < -0.3 is 10.1 Å². The van der Waals surface area contributed by atoms with E-state index in [0.29, 0.717) is 6.61 Å². The quantitative estimate of drug-likeness (QED) is 0.800. The fraction of sp³-hybridized carbons (Fsp3) is 0.364. The topological polar surface area (TPSA) is 38.3 Å². The van der Waals surface area contributed by atoms with Crippen molar-refractivity contribution < 1.29 is 9.53 Å². The van der Waals surface area contributed by atoms with Crippen molar-refractivity contribution in [1.82, 2.24) is 5.32 Å². The van der Waals surface area contributed by atoms with E-state index in [0.717, 1.165) is 9.13 Å². The van der Waals surface area contributed by atoms with Crippen LogP contribution in [0.3, 0.4) is 0 Å². The molecule has 0 aromatic heterocycles. The van der Waals surface area contributed by atoms with Gasteiger partial charge in [0.05, 0.1) is 12.1 Å². The van der Waals surface area contributed by atoms with E-state index in [2.05, 4.69) is 34.0 Å². The zero-order valence-electron chi connectivity index (χ0n) is 8.42. The first-order valence-corrected chi connectivity index (χ1v) is 5.83. The van der Waals surface area contributed by atoms with Gasteiger partial charge >= 0.3 is 0 Å². The van der Waals surface area contributed by atoms with Crippen LogP contribution in [0.2, 0.25) is 0 Å². The van der Waals surface area contributed by atoms with Crippen LogP contribution in [0.25, 0.3) is 0 Å². The molecule has 0 saturated carbocycles. The van der Waals surface area contributed by atoms with Gasteiger partial charge in [-0.05, 0) is 47.2 Å². The van der Waals surface area contributed by atoms with Gasteiger partial charge in [0.1, 0.15) is 6.61 Å². The first-order chi connectivity index (χ1) is 7.10. The van der Waals surface area contributed by atoms with Crippen LogP contribution in [0, 0.1) is 3.57 Å². The predicted molar refractivity (Wildman–Crippen MR) is 65.5 cm³/mol. The molecule has 15 heavy (non-hydrogen) atoms. The van der Waals surface area contributed by atoms with Crippen molar-refractivity contribution in [3.8, 4) is 0 Å². The number of benzene rings is 1. The first-order valence-electron chi connectivity index (χ1n) is 4.75. The molecule has 80 valence electrons. The molecule has 1 aromatic rings. The van der Waals surface area contributed by atoms with Gasteiger partial charge in [-0.15, -0.1) is 0 Å². The van der Waals surface area contributed by atoms with Crippen molar-refractivity contribution in [2.45, 2.75) is 12.5 Å². The van der Waals surface area contributed by atoms with E-state index in [1.165, 1.54) is 0 Å². The van der Waals surface area contributed by atoms with Crippen LogP contribution in [0.1, 0.15) is 12.5 Å². The highest BCUT2D eigenvalue weighted by atomic mass is 127. The van der Waals surface area contributed by atoms with Crippen molar-refractivity contribution in [2.75, 3.05) is 13.2 Å². The summed E-state index contributed by atoms with van der Waals surface area (Å²) in [6.45, 7) is 2.67. The van der Waals surface area contributed by atoms with Crippen LogP contribution < -0.4 is 5.32 Å². The minimum Gasteiger partial charge on any atom is -0.369 e. The van der Waals surface area contributed by atoms with Crippen molar-refractivity contribution in [3.63, 3.8) is 0 Å². The second kappa shape index (κ2) is 4.09. The van der Waals surface area contributed by atoms with Gasteiger partial charge in [-0.25, -0.2) is 0 Å². The lowest BCUT2D eigenvalue weighted by molar-refractivity contribution is -0.135. The van der Waals surface area contributed by atoms with Crippen LogP contribution >= 0.6 is 22.6 Å². The van der Waals surface area contributed by atoms with E-state index >= 15 is 0 Å². The average Bonchev–Trinajstić information content (AvgIpc) is 2.17. The van der Waals surface area contributed by atoms with Crippen molar-refractivity contribution in [2.24, 2.45) is 0 Å². The van der Waals surface area contributed by atoms with Crippen LogP contribution in [0.4, 0.5) is 0 Å². The van der Waals surface area contributed by atoms with E-state index in [9.17, 15) is 4.79 Å². The van der Waals surface area contributed by atoms with Gasteiger partial charge in [-0.2, -0.15) is 0 Å². The maximum atomic E-state index is 11.3. The van der Waals surface area contributed by atoms with Crippen molar-refractivity contribution >= 4 is 28.5 Å². The number of halogens is 1. The maximum Gasteiger partial charge on any atom is 0.246 e. The summed E-state index contributed by atoms with van der Waals surface area (Å²) < 4.78 is 6.44. The molecule has 0 spiro atoms. The number of rotatable bonds is 1. The predicted octanol–water partition coefficient (Wildman–Crippen LogP) is 1.65. The van der Waals surface area contributed by atoms with Crippen LogP contribution in [-0.4, -0.2) is 19.1 Å². The summed E-state index contributed by atoms with van der Waals surface area (Å²) in [6, 6.07) is 8.09. The molecular weight excluding hydrogens is 305 g/mol. The van der Waals surface area contributed by atoms with Crippen molar-refractivity contribution in [3.05, 3.63) is 33.4 Å². The molecule has 1 N–H and O–H groups in total. The normalized spacial score (nSPS) is 26.1. The lowest BCUT2D eigenvalue weighted by Crippen LogP contribution is -2.52. The number of morpholine rings is 1. The van der Waals surface area contributed by atoms with Gasteiger partial charge in [-0.3, -0.25) is 4.79 Å². The summed E-state index contributed by atoms with van der Waals surface area (Å²) in [7, 11) is 0. The van der Waals surface area contributed by atoms with Crippen LogP contribution in [0.15, 0.2) is 24.3 Å². The smallest absolute Gasteiger partial charge is 0.246 e. The van der Waals surface area contributed by atoms with E-state index in [1.807, 2.05) is 25.1 Å². The molecule has 1 saturated heterocycles. The number of amides is 1. The fourth-order valence-corrected chi connectivity index (χ4v) is 2.26. The summed E-state index contributed by atoms with van der Waals surface area (Å²) in [4.78, 5) is 11.3. The Morgan fingerprint density at radius 3 is 3.00 bits per heavy atom. The molecule has 1 aliphatic rings. The van der Waals surface area contributed by atoms with E-state index in [1.54, 1.807) is 0 Å². The number of hydrogen-bond acceptors (Lipinski definition) is 2. The van der Waals surface area contributed by atoms with Gasteiger partial charge in [0.25, 0.3) is 0 Å². The Morgan fingerprint density at radius 1 is 1.53 bits per heavy atom. The van der Waals surface area contributed by atoms with Gasteiger partial charge in [0, 0.05) is 3.57 Å². The SMILES string of the molecule is C[C@]1(c2cccc(I)c2)COCC(=O)N1. The molecular formula is C11H12INO2. The monoisotopic (exact) mass is 317 g/mol. The molecule has 0 aliphatic carbocycles. The highest BCUT2D eigenvalue weighted by Crippen LogP contribution is 2.24. The van der Waals surface area contributed by atoms with Crippen molar-refractivity contribution in [1.29, 1.82) is 0 Å². The molecule has 2 rings (SSSR count). The number of ether oxygens (including phenoxy) is 1. The number of carbonyl (C=O) groups excluding carboxylic acids is 1. The highest BCUT2D eigenvalue weighted by Gasteiger charge is 2.32. The summed E-state index contributed by atoms with van der Waals surface area (Å²) >= 11 is 2.26. The Kier molecular flexibility index (Phi) is 2.97. The number of nitrogens with one attached hydrogen (secondary N) is 1. The summed E-state index contributed by atoms with van der Waals surface area (Å²) in [5.41, 5.74) is 0.693. The largest absolute Gasteiger partial charge is 0.369 e. The molecule has 0 unspecified atom stereocenters. The lowest BCUT2D eigenvalue weighted by atomic mass is 9.92. The third-order valence-corrected chi connectivity index (χ3v) is 3.17. The minimum absolute atomic E-state index is 0.0531. The standard InChI is InChI=1S/C11H12INO2/c1-11(7-15-6-10(14)13-11)8-3-2-4-9(12)5-8/h2-5H,6-7H2,1H3,(H,13,14)/t11-/m1/s1. The molecule has 1 aromatic carbocycles. The van der Waals surface area contributed by atoms with E-state index < -0.39 is 5.54 Å². The van der Waals surface area contributed by atoms with Crippen LogP contribution in [-0.2, 0) is 15.1 Å². The first kappa shape index (κ1) is 10.9. The number of hydrogen-bond donors (Lipinski definition) is 1. The number of carbonyl (C=O) groups is 1. The summed E-state index contributed by atoms with van der Waals surface area (Å²) in [5, 5.41) is 2.97. The molecule has 0 bridgehead atoms. The van der Waals surface area contributed by atoms with E-state index in [-0.39, 0.29) is 12.5 Å². The molecule has 1 heterocycles. The molecule has 1 aliphatic heterocycles. The summed E-state index contributed by atoms with van der Waals surface area (Å²) in [5.74, 6) is -0.0531. The third-order valence-electron chi connectivity index (χ3n) is 2.50.